The lowest BCUT2D eigenvalue weighted by molar-refractivity contribution is 0.0949. The summed E-state index contributed by atoms with van der Waals surface area (Å²) in [4.78, 5) is 14.9. The number of rotatable bonds is 7. The summed E-state index contributed by atoms with van der Waals surface area (Å²) in [5, 5.41) is 19.7. The lowest BCUT2D eigenvalue weighted by atomic mass is 10.1. The third kappa shape index (κ3) is 4.31. The molecule has 0 radical (unpaired) electrons. The molecular weight excluding hydrogens is 410 g/mol. The molecule has 0 saturated heterocycles. The minimum absolute atomic E-state index is 0.0309. The quantitative estimate of drug-likeness (QED) is 0.334. The first kappa shape index (κ1) is 20.7. The number of hydrazone groups is 1. The van der Waals surface area contributed by atoms with Crippen LogP contribution in [0.1, 0.15) is 28.7 Å². The van der Waals surface area contributed by atoms with Gasteiger partial charge >= 0.3 is 0 Å². The number of carbonyl (C=O) groups excluding carboxylic acids is 1. The van der Waals surface area contributed by atoms with Crippen molar-refractivity contribution in [2.24, 2.45) is 5.10 Å². The fraction of sp³-hybridized carbons (Fsp3) is 0.143. The summed E-state index contributed by atoms with van der Waals surface area (Å²) in [7, 11) is 1.89. The van der Waals surface area contributed by atoms with Crippen molar-refractivity contribution in [3.63, 3.8) is 0 Å². The number of amides is 1. The first-order valence-corrected chi connectivity index (χ1v) is 9.74. The Kier molecular flexibility index (Phi) is 5.88. The van der Waals surface area contributed by atoms with Gasteiger partial charge in [-0.3, -0.25) is 4.79 Å². The summed E-state index contributed by atoms with van der Waals surface area (Å²) < 4.78 is 6.03. The van der Waals surface area contributed by atoms with E-state index in [9.17, 15) is 4.79 Å². The van der Waals surface area contributed by atoms with E-state index in [1.807, 2.05) is 72.6 Å². The number of nitrogens with one attached hydrogen (secondary N) is 1. The van der Waals surface area contributed by atoms with Crippen molar-refractivity contribution in [3.05, 3.63) is 77.6 Å². The number of nitrogens with zero attached hydrogens (tertiary/aromatic N) is 7. The van der Waals surface area contributed by atoms with E-state index in [-0.39, 0.29) is 23.9 Å². The van der Waals surface area contributed by atoms with E-state index in [4.69, 9.17) is 10.4 Å². The van der Waals surface area contributed by atoms with Gasteiger partial charge in [0.05, 0.1) is 18.0 Å². The van der Waals surface area contributed by atoms with Gasteiger partial charge in [0, 0.05) is 12.7 Å². The highest BCUT2D eigenvalue weighted by molar-refractivity contribution is 6.00. The molecule has 0 saturated carbocycles. The molecule has 0 aliphatic carbocycles. The van der Waals surface area contributed by atoms with Crippen molar-refractivity contribution in [1.29, 1.82) is 0 Å². The van der Waals surface area contributed by atoms with Crippen LogP contribution in [-0.2, 0) is 6.54 Å². The van der Waals surface area contributed by atoms with Crippen molar-refractivity contribution < 1.29 is 9.42 Å². The molecule has 32 heavy (non-hydrogen) atoms. The summed E-state index contributed by atoms with van der Waals surface area (Å²) >= 11 is 0. The molecule has 1 amide bonds. The first-order chi connectivity index (χ1) is 15.5. The van der Waals surface area contributed by atoms with Crippen LogP contribution >= 0.6 is 0 Å². The number of nitrogen functional groups attached to an aromatic ring is 1. The minimum atomic E-state index is -0.516. The predicted octanol–water partition coefficient (Wildman–Crippen LogP) is 2.02. The van der Waals surface area contributed by atoms with E-state index in [2.05, 4.69) is 31.2 Å². The fourth-order valence-corrected chi connectivity index (χ4v) is 3.06. The monoisotopic (exact) mass is 431 g/mol. The van der Waals surface area contributed by atoms with E-state index < -0.39 is 5.91 Å². The van der Waals surface area contributed by atoms with E-state index in [1.54, 1.807) is 6.92 Å². The third-order valence-corrected chi connectivity index (χ3v) is 4.78. The summed E-state index contributed by atoms with van der Waals surface area (Å²) in [6.07, 6.45) is 0. The minimum Gasteiger partial charge on any atom is -0.378 e. The Morgan fingerprint density at radius 2 is 1.81 bits per heavy atom. The number of benzene rings is 2. The summed E-state index contributed by atoms with van der Waals surface area (Å²) in [5.41, 5.74) is 11.4. The number of carbonyl (C=O) groups is 1. The predicted molar refractivity (Wildman–Crippen MR) is 118 cm³/mol. The summed E-state index contributed by atoms with van der Waals surface area (Å²) in [6, 6.07) is 19.2. The zero-order valence-electron chi connectivity index (χ0n) is 17.5. The summed E-state index contributed by atoms with van der Waals surface area (Å²) in [6.45, 7) is 2.09. The molecule has 0 bridgehead atoms. The molecule has 2 aromatic carbocycles. The molecule has 0 atom stereocenters. The molecule has 2 heterocycles. The molecule has 0 fully saturated rings. The van der Waals surface area contributed by atoms with Gasteiger partial charge in [-0.15, -0.1) is 5.10 Å². The van der Waals surface area contributed by atoms with Gasteiger partial charge in [-0.25, -0.2) is 10.1 Å². The number of para-hydroxylation sites is 1. The van der Waals surface area contributed by atoms with Crippen LogP contribution in [0.2, 0.25) is 0 Å². The van der Waals surface area contributed by atoms with Gasteiger partial charge in [-0.1, -0.05) is 53.7 Å². The van der Waals surface area contributed by atoms with E-state index >= 15 is 0 Å². The van der Waals surface area contributed by atoms with Gasteiger partial charge in [0.25, 0.3) is 5.91 Å². The Labute approximate surface area is 183 Å². The Morgan fingerprint density at radius 1 is 1.12 bits per heavy atom. The van der Waals surface area contributed by atoms with Crippen LogP contribution in [0.15, 0.2) is 70.4 Å². The Hall–Kier alpha value is -4.54. The highest BCUT2D eigenvalue weighted by atomic mass is 16.6. The molecule has 11 heteroatoms. The number of hydrogen-bond donors (Lipinski definition) is 2. The largest absolute Gasteiger partial charge is 0.378 e. The molecule has 11 nitrogen and oxygen atoms in total. The second-order valence-electron chi connectivity index (χ2n) is 6.97. The van der Waals surface area contributed by atoms with E-state index in [0.29, 0.717) is 11.4 Å². The van der Waals surface area contributed by atoms with Gasteiger partial charge in [-0.05, 0) is 34.9 Å². The maximum atomic E-state index is 12.9. The maximum Gasteiger partial charge on any atom is 0.293 e. The standard InChI is InChI=1S/C21H21N9O2/c1-14(15-9-5-3-6-10-15)23-25-21(31)18-17(13-29(2)16-11-7-4-8-12-16)30(28-24-18)20-19(22)26-32-27-20/h3-12H,13H2,1-2H3,(H2,22,26)(H,25,31)/b23-14-. The van der Waals surface area contributed by atoms with Gasteiger partial charge in [0.2, 0.25) is 11.6 Å². The van der Waals surface area contributed by atoms with Crippen molar-refractivity contribution in [2.45, 2.75) is 13.5 Å². The average molecular weight is 431 g/mol. The molecule has 0 aliphatic rings. The molecule has 162 valence electrons. The zero-order chi connectivity index (χ0) is 22.5. The maximum absolute atomic E-state index is 12.9. The molecule has 4 rings (SSSR count). The molecular formula is C21H21N9O2. The van der Waals surface area contributed by atoms with Crippen LogP contribution in [0.4, 0.5) is 11.5 Å². The van der Waals surface area contributed by atoms with Crippen molar-refractivity contribution in [3.8, 4) is 5.82 Å². The summed E-state index contributed by atoms with van der Waals surface area (Å²) in [5.74, 6) is -0.335. The van der Waals surface area contributed by atoms with Crippen molar-refractivity contribution in [1.82, 2.24) is 30.7 Å². The second kappa shape index (κ2) is 9.08. The Bertz CT molecular complexity index is 1230. The van der Waals surface area contributed by atoms with Crippen LogP contribution in [0, 0.1) is 0 Å². The Balaban J connectivity index is 1.65. The SMILES string of the molecule is C/C(=N/NC(=O)c1nnn(-c2nonc2N)c1CN(C)c1ccccc1)c1ccccc1. The van der Waals surface area contributed by atoms with Gasteiger partial charge < -0.3 is 10.6 Å². The lowest BCUT2D eigenvalue weighted by Gasteiger charge is -2.19. The van der Waals surface area contributed by atoms with Gasteiger partial charge in [-0.2, -0.15) is 9.78 Å². The molecule has 0 aliphatic heterocycles. The highest BCUT2D eigenvalue weighted by Crippen LogP contribution is 2.20. The number of aromatic nitrogens is 5. The molecule has 0 unspecified atom stereocenters. The van der Waals surface area contributed by atoms with Gasteiger partial charge in [0.1, 0.15) is 0 Å². The number of hydrogen-bond acceptors (Lipinski definition) is 9. The number of nitrogens with two attached hydrogens (primary N) is 1. The molecule has 2 aromatic heterocycles. The van der Waals surface area contributed by atoms with Crippen molar-refractivity contribution >= 4 is 23.1 Å². The first-order valence-electron chi connectivity index (χ1n) is 9.74. The van der Waals surface area contributed by atoms with Crippen LogP contribution in [-0.4, -0.2) is 44.0 Å². The molecule has 4 aromatic rings. The van der Waals surface area contributed by atoms with E-state index in [1.165, 1.54) is 4.68 Å². The zero-order valence-corrected chi connectivity index (χ0v) is 17.5. The Morgan fingerprint density at radius 3 is 2.47 bits per heavy atom. The smallest absolute Gasteiger partial charge is 0.293 e. The molecule has 0 spiro atoms. The van der Waals surface area contributed by atoms with Crippen LogP contribution in [0.25, 0.3) is 5.82 Å². The van der Waals surface area contributed by atoms with Crippen molar-refractivity contribution in [2.75, 3.05) is 17.7 Å². The van der Waals surface area contributed by atoms with E-state index in [0.717, 1.165) is 11.3 Å². The highest BCUT2D eigenvalue weighted by Gasteiger charge is 2.25. The fourth-order valence-electron chi connectivity index (χ4n) is 3.06. The topological polar surface area (TPSA) is 140 Å². The van der Waals surface area contributed by atoms with Crippen LogP contribution < -0.4 is 16.1 Å². The van der Waals surface area contributed by atoms with Crippen LogP contribution in [0.3, 0.4) is 0 Å². The molecule has 3 N–H and O–H groups in total. The number of anilines is 2. The third-order valence-electron chi connectivity index (χ3n) is 4.78. The average Bonchev–Trinajstić information content (AvgIpc) is 3.44. The van der Waals surface area contributed by atoms with Crippen LogP contribution in [0.5, 0.6) is 0 Å². The second-order valence-corrected chi connectivity index (χ2v) is 6.97. The lowest BCUT2D eigenvalue weighted by Crippen LogP contribution is -2.25. The van der Waals surface area contributed by atoms with Gasteiger partial charge in [0.15, 0.2) is 5.69 Å². The normalized spacial score (nSPS) is 11.4.